The largest absolute Gasteiger partial charge is 0.465 e. The Morgan fingerprint density at radius 3 is 2.43 bits per heavy atom. The van der Waals surface area contributed by atoms with E-state index in [1.165, 1.54) is 10.5 Å². The normalized spacial score (nSPS) is 22.5. The number of anilines is 1. The first-order valence-electron chi connectivity index (χ1n) is 9.99. The van der Waals surface area contributed by atoms with E-state index in [0.717, 1.165) is 64.2 Å². The monoisotopic (exact) mass is 406 g/mol. The highest BCUT2D eigenvalue weighted by Crippen LogP contribution is 2.40. The number of carbonyl (C=O) groups is 2. The summed E-state index contributed by atoms with van der Waals surface area (Å²) in [4.78, 5) is 29.5. The first-order chi connectivity index (χ1) is 13.5. The lowest BCUT2D eigenvalue weighted by Gasteiger charge is -2.40. The summed E-state index contributed by atoms with van der Waals surface area (Å²) in [6.45, 7) is 5.83. The fourth-order valence-electron chi connectivity index (χ4n) is 4.67. The second-order valence-electron chi connectivity index (χ2n) is 8.09. The minimum absolute atomic E-state index is 0.178. The van der Waals surface area contributed by atoms with E-state index in [4.69, 9.17) is 16.7 Å². The Morgan fingerprint density at radius 1 is 1.11 bits per heavy atom. The van der Waals surface area contributed by atoms with Crippen molar-refractivity contribution in [2.75, 3.05) is 50.7 Å². The third-order valence-corrected chi connectivity index (χ3v) is 6.75. The lowest BCUT2D eigenvalue weighted by atomic mass is 9.77. The van der Waals surface area contributed by atoms with Crippen molar-refractivity contribution in [3.8, 4) is 0 Å². The highest BCUT2D eigenvalue weighted by atomic mass is 35.5. The molecule has 7 nitrogen and oxygen atoms in total. The summed E-state index contributed by atoms with van der Waals surface area (Å²) in [5, 5.41) is 12.8. The minimum Gasteiger partial charge on any atom is -0.465 e. The van der Waals surface area contributed by atoms with E-state index >= 15 is 0 Å². The van der Waals surface area contributed by atoms with Crippen LogP contribution in [0.4, 0.5) is 10.5 Å². The molecule has 1 aromatic rings. The number of hydrogen-bond acceptors (Lipinski definition) is 4. The maximum atomic E-state index is 12.2. The third kappa shape index (κ3) is 3.78. The summed E-state index contributed by atoms with van der Waals surface area (Å²) < 4.78 is 0. The van der Waals surface area contributed by atoms with Gasteiger partial charge in [0, 0.05) is 63.1 Å². The first-order valence-corrected chi connectivity index (χ1v) is 10.4. The molecule has 1 spiro atoms. The van der Waals surface area contributed by atoms with E-state index in [1.54, 1.807) is 0 Å². The average Bonchev–Trinajstić information content (AvgIpc) is 3.04. The maximum absolute atomic E-state index is 12.2. The molecule has 152 valence electrons. The van der Waals surface area contributed by atoms with E-state index in [0.29, 0.717) is 18.1 Å². The molecule has 0 unspecified atom stereocenters. The van der Waals surface area contributed by atoms with Gasteiger partial charge in [-0.25, -0.2) is 4.79 Å². The van der Waals surface area contributed by atoms with Gasteiger partial charge in [0.25, 0.3) is 0 Å². The minimum atomic E-state index is -0.843. The van der Waals surface area contributed by atoms with Gasteiger partial charge in [0.1, 0.15) is 0 Å². The highest BCUT2D eigenvalue weighted by Gasteiger charge is 2.44. The van der Waals surface area contributed by atoms with Crippen molar-refractivity contribution in [3.05, 3.63) is 28.8 Å². The number of piperazine rings is 1. The lowest BCUT2D eigenvalue weighted by molar-refractivity contribution is -0.128. The van der Waals surface area contributed by atoms with Gasteiger partial charge >= 0.3 is 6.09 Å². The van der Waals surface area contributed by atoms with Crippen LogP contribution in [0.1, 0.15) is 24.8 Å². The molecule has 2 N–H and O–H groups in total. The summed E-state index contributed by atoms with van der Waals surface area (Å²) in [5.41, 5.74) is 2.17. The summed E-state index contributed by atoms with van der Waals surface area (Å²) in [7, 11) is 0. The Hall–Kier alpha value is -1.99. The molecule has 3 fully saturated rings. The molecule has 2 amide bonds. The van der Waals surface area contributed by atoms with Crippen LogP contribution in [0.2, 0.25) is 5.02 Å². The standard InChI is InChI=1S/C20H27ClN4O3/c21-16-2-1-15(14-23-9-11-25(12-10-23)19(27)28)17(13-16)24-7-4-20(5-8-24)3-6-22-18(20)26/h1-2,13H,3-12,14H2,(H,22,26)(H,27,28). The predicted octanol–water partition coefficient (Wildman–Crippen LogP) is 2.24. The third-order valence-electron chi connectivity index (χ3n) is 6.52. The quantitative estimate of drug-likeness (QED) is 0.805. The van der Waals surface area contributed by atoms with Crippen LogP contribution in [0.3, 0.4) is 0 Å². The van der Waals surface area contributed by atoms with E-state index < -0.39 is 6.09 Å². The zero-order valence-electron chi connectivity index (χ0n) is 16.0. The molecular weight excluding hydrogens is 380 g/mol. The molecule has 3 aliphatic rings. The molecular formula is C20H27ClN4O3. The Bertz CT molecular complexity index is 756. The number of carbonyl (C=O) groups excluding carboxylic acids is 1. The molecule has 0 aliphatic carbocycles. The van der Waals surface area contributed by atoms with Gasteiger partial charge in [-0.3, -0.25) is 9.69 Å². The summed E-state index contributed by atoms with van der Waals surface area (Å²) in [6, 6.07) is 6.02. The summed E-state index contributed by atoms with van der Waals surface area (Å²) in [6.07, 6.45) is 1.85. The van der Waals surface area contributed by atoms with Crippen molar-refractivity contribution in [1.82, 2.24) is 15.1 Å². The van der Waals surface area contributed by atoms with Crippen molar-refractivity contribution >= 4 is 29.3 Å². The fourth-order valence-corrected chi connectivity index (χ4v) is 4.84. The van der Waals surface area contributed by atoms with Crippen LogP contribution in [-0.4, -0.2) is 72.7 Å². The van der Waals surface area contributed by atoms with Gasteiger partial charge in [-0.05, 0) is 37.0 Å². The van der Waals surface area contributed by atoms with Crippen LogP contribution in [0.15, 0.2) is 18.2 Å². The van der Waals surface area contributed by atoms with Crippen molar-refractivity contribution in [1.29, 1.82) is 0 Å². The summed E-state index contributed by atoms with van der Waals surface area (Å²) in [5.74, 6) is 0.217. The van der Waals surface area contributed by atoms with Crippen LogP contribution in [0.25, 0.3) is 0 Å². The van der Waals surface area contributed by atoms with Gasteiger partial charge in [0.2, 0.25) is 5.91 Å². The number of nitrogens with one attached hydrogen (secondary N) is 1. The van der Waals surface area contributed by atoms with E-state index in [1.807, 2.05) is 12.1 Å². The smallest absolute Gasteiger partial charge is 0.407 e. The summed E-state index contributed by atoms with van der Waals surface area (Å²) >= 11 is 6.30. The Labute approximate surface area is 170 Å². The number of carboxylic acid groups (broad SMARTS) is 1. The fraction of sp³-hybridized carbons (Fsp3) is 0.600. The van der Waals surface area contributed by atoms with Gasteiger partial charge in [0.05, 0.1) is 5.41 Å². The van der Waals surface area contributed by atoms with Gasteiger partial charge in [-0.15, -0.1) is 0 Å². The van der Waals surface area contributed by atoms with Gasteiger partial charge in [-0.1, -0.05) is 17.7 Å². The Morgan fingerprint density at radius 2 is 1.82 bits per heavy atom. The zero-order chi connectivity index (χ0) is 19.7. The van der Waals surface area contributed by atoms with Crippen LogP contribution in [0, 0.1) is 5.41 Å². The molecule has 0 atom stereocenters. The van der Waals surface area contributed by atoms with Crippen molar-refractivity contribution in [2.24, 2.45) is 5.41 Å². The topological polar surface area (TPSA) is 76.1 Å². The number of benzene rings is 1. The number of halogens is 1. The molecule has 1 aromatic carbocycles. The van der Waals surface area contributed by atoms with Gasteiger partial charge in [-0.2, -0.15) is 0 Å². The second kappa shape index (κ2) is 7.79. The molecule has 28 heavy (non-hydrogen) atoms. The second-order valence-corrected chi connectivity index (χ2v) is 8.53. The van der Waals surface area contributed by atoms with Crippen molar-refractivity contribution < 1.29 is 14.7 Å². The molecule has 4 rings (SSSR count). The van der Waals surface area contributed by atoms with Crippen LogP contribution in [-0.2, 0) is 11.3 Å². The van der Waals surface area contributed by atoms with E-state index in [2.05, 4.69) is 21.2 Å². The Balaban J connectivity index is 1.44. The van der Waals surface area contributed by atoms with Gasteiger partial charge < -0.3 is 20.2 Å². The molecule has 3 heterocycles. The SMILES string of the molecule is O=C(O)N1CCN(Cc2ccc(Cl)cc2N2CCC3(CCNC3=O)CC2)CC1. The first kappa shape index (κ1) is 19.3. The van der Waals surface area contributed by atoms with Crippen molar-refractivity contribution in [2.45, 2.75) is 25.8 Å². The molecule has 0 bridgehead atoms. The molecule has 0 saturated carbocycles. The number of piperidine rings is 1. The number of rotatable bonds is 3. The maximum Gasteiger partial charge on any atom is 0.407 e. The molecule has 0 aromatic heterocycles. The van der Waals surface area contributed by atoms with Crippen molar-refractivity contribution in [3.63, 3.8) is 0 Å². The zero-order valence-corrected chi connectivity index (χ0v) is 16.7. The average molecular weight is 407 g/mol. The molecule has 3 saturated heterocycles. The van der Waals surface area contributed by atoms with E-state index in [9.17, 15) is 9.59 Å². The van der Waals surface area contributed by atoms with Gasteiger partial charge in [0.15, 0.2) is 0 Å². The van der Waals surface area contributed by atoms with Crippen LogP contribution in [0.5, 0.6) is 0 Å². The lowest BCUT2D eigenvalue weighted by Crippen LogP contribution is -2.48. The van der Waals surface area contributed by atoms with Crippen LogP contribution >= 0.6 is 11.6 Å². The number of nitrogens with zero attached hydrogens (tertiary/aromatic N) is 3. The number of hydrogen-bond donors (Lipinski definition) is 2. The molecule has 0 radical (unpaired) electrons. The van der Waals surface area contributed by atoms with Crippen LogP contribution < -0.4 is 10.2 Å². The van der Waals surface area contributed by atoms with E-state index in [-0.39, 0.29) is 11.3 Å². The molecule has 3 aliphatic heterocycles. The number of amides is 2. The Kier molecular flexibility index (Phi) is 5.38. The molecule has 8 heteroatoms. The highest BCUT2D eigenvalue weighted by molar-refractivity contribution is 6.30. The predicted molar refractivity (Wildman–Crippen MR) is 108 cm³/mol.